The highest BCUT2D eigenvalue weighted by Gasteiger charge is 2.23. The van der Waals surface area contributed by atoms with Crippen molar-refractivity contribution in [2.24, 2.45) is 5.84 Å². The highest BCUT2D eigenvalue weighted by atomic mass is 32.2. The second-order valence-electron chi connectivity index (χ2n) is 4.28. The summed E-state index contributed by atoms with van der Waals surface area (Å²) in [5.74, 6) is 5.62. The van der Waals surface area contributed by atoms with Crippen LogP contribution in [0.5, 0.6) is 0 Å². The Balaban J connectivity index is 2.26. The number of sulfonamides is 1. The van der Waals surface area contributed by atoms with E-state index >= 15 is 0 Å². The lowest BCUT2D eigenvalue weighted by Crippen LogP contribution is -2.30. The van der Waals surface area contributed by atoms with Gasteiger partial charge in [0.25, 0.3) is 0 Å². The number of aromatic nitrogens is 2. The van der Waals surface area contributed by atoms with Gasteiger partial charge in [0.05, 0.1) is 12.2 Å². The summed E-state index contributed by atoms with van der Waals surface area (Å²) in [6.45, 7) is 2.34. The summed E-state index contributed by atoms with van der Waals surface area (Å²) < 4.78 is 26.5. The van der Waals surface area contributed by atoms with E-state index in [0.717, 1.165) is 0 Å². The lowest BCUT2D eigenvalue weighted by Gasteiger charge is -2.20. The first kappa shape index (κ1) is 15.4. The van der Waals surface area contributed by atoms with Gasteiger partial charge in [-0.3, -0.25) is 4.98 Å². The van der Waals surface area contributed by atoms with Crippen LogP contribution in [0, 0.1) is 0 Å². The number of nitrogens with one attached hydrogen (secondary N) is 1. The predicted molar refractivity (Wildman–Crippen MR) is 79.6 cm³/mol. The van der Waals surface area contributed by atoms with Gasteiger partial charge in [0, 0.05) is 18.9 Å². The van der Waals surface area contributed by atoms with Crippen molar-refractivity contribution < 1.29 is 8.42 Å². The summed E-state index contributed by atoms with van der Waals surface area (Å²) in [6.07, 6.45) is 2.92. The molecule has 0 atom stereocenters. The summed E-state index contributed by atoms with van der Waals surface area (Å²) in [5, 5.41) is 0. The van der Waals surface area contributed by atoms with Crippen LogP contribution in [0.15, 0.2) is 47.6 Å². The van der Waals surface area contributed by atoms with E-state index in [4.69, 9.17) is 5.84 Å². The molecule has 0 bridgehead atoms. The highest BCUT2D eigenvalue weighted by Crippen LogP contribution is 2.17. The van der Waals surface area contributed by atoms with Crippen molar-refractivity contribution in [3.05, 3.63) is 48.4 Å². The molecule has 0 spiro atoms. The maximum absolute atomic E-state index is 12.6. The van der Waals surface area contributed by atoms with Crippen LogP contribution in [-0.4, -0.2) is 29.2 Å². The fourth-order valence-electron chi connectivity index (χ4n) is 1.81. The zero-order valence-electron chi connectivity index (χ0n) is 11.6. The Morgan fingerprint density at radius 2 is 2.05 bits per heavy atom. The molecule has 2 heterocycles. The van der Waals surface area contributed by atoms with Gasteiger partial charge in [0.2, 0.25) is 10.0 Å². The van der Waals surface area contributed by atoms with Crippen LogP contribution in [0.1, 0.15) is 12.6 Å². The lowest BCUT2D eigenvalue weighted by atomic mass is 10.3. The molecule has 0 aliphatic carbocycles. The van der Waals surface area contributed by atoms with Gasteiger partial charge in [0.1, 0.15) is 10.7 Å². The van der Waals surface area contributed by atoms with Crippen molar-refractivity contribution in [1.29, 1.82) is 0 Å². The maximum atomic E-state index is 12.6. The van der Waals surface area contributed by atoms with Crippen molar-refractivity contribution in [3.8, 4) is 0 Å². The summed E-state index contributed by atoms with van der Waals surface area (Å²) in [5.41, 5.74) is 3.05. The molecule has 2 rings (SSSR count). The quantitative estimate of drug-likeness (QED) is 0.609. The van der Waals surface area contributed by atoms with Crippen LogP contribution in [0.2, 0.25) is 0 Å². The molecule has 2 aromatic rings. The number of nitrogens with two attached hydrogens (primary N) is 1. The number of hydrogen-bond donors (Lipinski definition) is 2. The molecular weight excluding hydrogens is 290 g/mol. The van der Waals surface area contributed by atoms with Crippen LogP contribution in [0.3, 0.4) is 0 Å². The lowest BCUT2D eigenvalue weighted by molar-refractivity contribution is 0.419. The molecule has 2 aromatic heterocycles. The molecule has 0 amide bonds. The minimum absolute atomic E-state index is 0.124. The van der Waals surface area contributed by atoms with Gasteiger partial charge in [0.15, 0.2) is 0 Å². The van der Waals surface area contributed by atoms with Gasteiger partial charge >= 0.3 is 0 Å². The largest absolute Gasteiger partial charge is 0.308 e. The molecule has 7 nitrogen and oxygen atoms in total. The molecule has 0 saturated carbocycles. The number of rotatable bonds is 6. The third-order valence-corrected chi connectivity index (χ3v) is 4.84. The summed E-state index contributed by atoms with van der Waals surface area (Å²) >= 11 is 0. The van der Waals surface area contributed by atoms with Crippen LogP contribution in [0.25, 0.3) is 0 Å². The smallest absolute Gasteiger partial charge is 0.244 e. The first-order valence-electron chi connectivity index (χ1n) is 6.40. The molecule has 0 fully saturated rings. The van der Waals surface area contributed by atoms with Gasteiger partial charge in [-0.15, -0.1) is 0 Å². The molecule has 0 saturated heterocycles. The van der Waals surface area contributed by atoms with E-state index in [2.05, 4.69) is 15.4 Å². The maximum Gasteiger partial charge on any atom is 0.244 e. The second-order valence-corrected chi connectivity index (χ2v) is 6.21. The molecule has 0 unspecified atom stereocenters. The molecule has 21 heavy (non-hydrogen) atoms. The SMILES string of the molecule is CCN(Cc1ccccn1)S(=O)(=O)c1ccc(NN)nc1. The van der Waals surface area contributed by atoms with E-state index in [1.807, 2.05) is 6.07 Å². The number of nitrogens with zero attached hydrogens (tertiary/aromatic N) is 3. The van der Waals surface area contributed by atoms with E-state index in [0.29, 0.717) is 18.1 Å². The first-order chi connectivity index (χ1) is 10.1. The van der Waals surface area contributed by atoms with E-state index < -0.39 is 10.0 Å². The van der Waals surface area contributed by atoms with Gasteiger partial charge < -0.3 is 5.43 Å². The van der Waals surface area contributed by atoms with Crippen molar-refractivity contribution in [3.63, 3.8) is 0 Å². The fraction of sp³-hybridized carbons (Fsp3) is 0.231. The highest BCUT2D eigenvalue weighted by molar-refractivity contribution is 7.89. The number of hydrogen-bond acceptors (Lipinski definition) is 6. The molecule has 3 N–H and O–H groups in total. The van der Waals surface area contributed by atoms with Gasteiger partial charge in [-0.1, -0.05) is 13.0 Å². The van der Waals surface area contributed by atoms with Gasteiger partial charge in [-0.2, -0.15) is 4.31 Å². The Morgan fingerprint density at radius 1 is 1.24 bits per heavy atom. The van der Waals surface area contributed by atoms with E-state index in [9.17, 15) is 8.42 Å². The van der Waals surface area contributed by atoms with Crippen molar-refractivity contribution in [2.75, 3.05) is 12.0 Å². The Morgan fingerprint density at radius 3 is 2.57 bits per heavy atom. The molecule has 112 valence electrons. The number of anilines is 1. The number of hydrazine groups is 1. The van der Waals surface area contributed by atoms with E-state index in [1.165, 1.54) is 22.6 Å². The minimum Gasteiger partial charge on any atom is -0.308 e. The average molecular weight is 307 g/mol. The second kappa shape index (κ2) is 6.61. The summed E-state index contributed by atoms with van der Waals surface area (Å²) in [6, 6.07) is 8.39. The van der Waals surface area contributed by atoms with Crippen LogP contribution < -0.4 is 11.3 Å². The monoisotopic (exact) mass is 307 g/mol. The van der Waals surface area contributed by atoms with Crippen molar-refractivity contribution in [1.82, 2.24) is 14.3 Å². The van der Waals surface area contributed by atoms with Crippen LogP contribution in [0.4, 0.5) is 5.82 Å². The summed E-state index contributed by atoms with van der Waals surface area (Å²) in [7, 11) is -3.61. The predicted octanol–water partition coefficient (Wildman–Crippen LogP) is 0.973. The van der Waals surface area contributed by atoms with E-state index in [1.54, 1.807) is 25.3 Å². The third-order valence-electron chi connectivity index (χ3n) is 2.94. The topological polar surface area (TPSA) is 101 Å². The molecular formula is C13H17N5O2S. The standard InChI is InChI=1S/C13H17N5O2S/c1-2-18(10-11-5-3-4-8-15-11)21(19,20)12-6-7-13(17-14)16-9-12/h3-9H,2,10,14H2,1H3,(H,16,17). The first-order valence-corrected chi connectivity index (χ1v) is 7.84. The zero-order chi connectivity index (χ0) is 15.3. The Bertz CT molecular complexity index is 673. The molecule has 0 radical (unpaired) electrons. The molecule has 0 aliphatic rings. The fourth-order valence-corrected chi connectivity index (χ4v) is 3.17. The Kier molecular flexibility index (Phi) is 4.84. The molecule has 0 aliphatic heterocycles. The summed E-state index contributed by atoms with van der Waals surface area (Å²) in [4.78, 5) is 8.21. The minimum atomic E-state index is -3.61. The third kappa shape index (κ3) is 3.54. The number of pyridine rings is 2. The van der Waals surface area contributed by atoms with Gasteiger partial charge in [-0.25, -0.2) is 19.2 Å². The molecule has 8 heteroatoms. The molecule has 0 aromatic carbocycles. The Labute approximate surface area is 123 Å². The Hall–Kier alpha value is -2.03. The van der Waals surface area contributed by atoms with Crippen LogP contribution in [-0.2, 0) is 16.6 Å². The van der Waals surface area contributed by atoms with Gasteiger partial charge in [-0.05, 0) is 24.3 Å². The van der Waals surface area contributed by atoms with E-state index in [-0.39, 0.29) is 11.4 Å². The normalized spacial score (nSPS) is 11.6. The van der Waals surface area contributed by atoms with Crippen molar-refractivity contribution in [2.45, 2.75) is 18.4 Å². The van der Waals surface area contributed by atoms with Crippen LogP contribution >= 0.6 is 0 Å². The number of nitrogen functional groups attached to an aromatic ring is 1. The average Bonchev–Trinajstić information content (AvgIpc) is 2.53. The van der Waals surface area contributed by atoms with Crippen molar-refractivity contribution >= 4 is 15.8 Å². The zero-order valence-corrected chi connectivity index (χ0v) is 12.4.